The second kappa shape index (κ2) is 8.70. The van der Waals surface area contributed by atoms with E-state index in [0.29, 0.717) is 5.69 Å². The number of benzene rings is 1. The number of nitrogens with zero attached hydrogens (tertiary/aromatic N) is 3. The second-order valence-electron chi connectivity index (χ2n) is 6.85. The van der Waals surface area contributed by atoms with Gasteiger partial charge in [-0.2, -0.15) is 11.3 Å². The molecule has 8 nitrogen and oxygen atoms in total. The van der Waals surface area contributed by atoms with Gasteiger partial charge < -0.3 is 10.6 Å². The highest BCUT2D eigenvalue weighted by molar-refractivity contribution is 7.14. The van der Waals surface area contributed by atoms with Crippen molar-refractivity contribution in [3.05, 3.63) is 84.6 Å². The molecule has 0 saturated carbocycles. The minimum Gasteiger partial charge on any atom is -0.383 e. The van der Waals surface area contributed by atoms with Crippen LogP contribution in [-0.2, 0) is 17.8 Å². The summed E-state index contributed by atoms with van der Waals surface area (Å²) < 4.78 is 1.24. The Balaban J connectivity index is 1.59. The first-order valence-electron chi connectivity index (χ1n) is 9.34. The van der Waals surface area contributed by atoms with Crippen molar-refractivity contribution in [2.75, 3.05) is 17.7 Å². The highest BCUT2D eigenvalue weighted by Crippen LogP contribution is 2.26. The zero-order chi connectivity index (χ0) is 22.0. The third-order valence-corrected chi connectivity index (χ3v) is 6.38. The molecule has 4 aromatic rings. The van der Waals surface area contributed by atoms with E-state index in [-0.39, 0.29) is 30.4 Å². The molecule has 1 aromatic carbocycles. The number of hydrogen-bond acceptors (Lipinski definition) is 7. The van der Waals surface area contributed by atoms with E-state index in [9.17, 15) is 14.4 Å². The van der Waals surface area contributed by atoms with Gasteiger partial charge in [0.15, 0.2) is 5.69 Å². The molecule has 0 bridgehead atoms. The number of H-pyrrole nitrogens is 1. The van der Waals surface area contributed by atoms with Crippen molar-refractivity contribution >= 4 is 40.1 Å². The van der Waals surface area contributed by atoms with E-state index < -0.39 is 11.2 Å². The molecule has 3 aromatic heterocycles. The maximum absolute atomic E-state index is 12.9. The predicted octanol–water partition coefficient (Wildman–Crippen LogP) is 2.56. The van der Waals surface area contributed by atoms with Gasteiger partial charge in [-0.05, 0) is 17.0 Å². The monoisotopic (exact) mass is 453 g/mol. The minimum atomic E-state index is -0.708. The fourth-order valence-electron chi connectivity index (χ4n) is 3.13. The fraction of sp³-hybridized carbons (Fsp3) is 0.143. The fourth-order valence-corrected chi connectivity index (χ4v) is 4.66. The SMILES string of the molecule is CN(C(=O)Cc1csc(-c2ccsc2)n1)c1c(N)n(Cc2ccccc2)c(=O)[nH]c1=O. The molecule has 158 valence electrons. The second-order valence-corrected chi connectivity index (χ2v) is 8.49. The van der Waals surface area contributed by atoms with E-state index in [4.69, 9.17) is 5.73 Å². The lowest BCUT2D eigenvalue weighted by atomic mass is 10.2. The Hall–Kier alpha value is -3.50. The summed E-state index contributed by atoms with van der Waals surface area (Å²) in [6.07, 6.45) is 0.00777. The number of carbonyl (C=O) groups is 1. The molecule has 31 heavy (non-hydrogen) atoms. The lowest BCUT2D eigenvalue weighted by Gasteiger charge is -2.20. The number of nitrogens with two attached hydrogens (primary N) is 1. The van der Waals surface area contributed by atoms with Gasteiger partial charge in [0.25, 0.3) is 5.56 Å². The van der Waals surface area contributed by atoms with Crippen LogP contribution in [0, 0.1) is 0 Å². The number of nitrogens with one attached hydrogen (secondary N) is 1. The summed E-state index contributed by atoms with van der Waals surface area (Å²) in [4.78, 5) is 45.6. The minimum absolute atomic E-state index is 0.00777. The number of anilines is 2. The Bertz CT molecular complexity index is 1320. The van der Waals surface area contributed by atoms with Gasteiger partial charge in [-0.15, -0.1) is 11.3 Å². The van der Waals surface area contributed by atoms with Gasteiger partial charge in [0.1, 0.15) is 10.8 Å². The van der Waals surface area contributed by atoms with Gasteiger partial charge in [0, 0.05) is 23.4 Å². The zero-order valence-corrected chi connectivity index (χ0v) is 18.2. The number of aromatic nitrogens is 3. The smallest absolute Gasteiger partial charge is 0.330 e. The van der Waals surface area contributed by atoms with Crippen molar-refractivity contribution < 1.29 is 4.79 Å². The number of likely N-dealkylation sites (N-methyl/N-ethyl adjacent to an activating group) is 1. The summed E-state index contributed by atoms with van der Waals surface area (Å²) in [5.74, 6) is -0.421. The average Bonchev–Trinajstić information content (AvgIpc) is 3.43. The third-order valence-electron chi connectivity index (χ3n) is 4.76. The largest absolute Gasteiger partial charge is 0.383 e. The van der Waals surface area contributed by atoms with Gasteiger partial charge in [-0.3, -0.25) is 19.1 Å². The summed E-state index contributed by atoms with van der Waals surface area (Å²) in [5, 5.41) is 6.62. The van der Waals surface area contributed by atoms with Crippen LogP contribution in [0.15, 0.2) is 62.1 Å². The number of thiazole rings is 1. The Kier molecular flexibility index (Phi) is 5.83. The number of rotatable bonds is 6. The van der Waals surface area contributed by atoms with E-state index in [2.05, 4.69) is 9.97 Å². The number of carbonyl (C=O) groups excluding carboxylic acids is 1. The molecule has 3 heterocycles. The molecule has 0 radical (unpaired) electrons. The van der Waals surface area contributed by atoms with Gasteiger partial charge in [0.2, 0.25) is 5.91 Å². The molecule has 0 aliphatic carbocycles. The summed E-state index contributed by atoms with van der Waals surface area (Å²) in [6, 6.07) is 11.2. The van der Waals surface area contributed by atoms with Crippen LogP contribution in [0.4, 0.5) is 11.5 Å². The lowest BCUT2D eigenvalue weighted by molar-refractivity contribution is -0.117. The normalized spacial score (nSPS) is 10.9. The molecule has 0 spiro atoms. The standard InChI is InChI=1S/C21H19N5O3S2/c1-25(16(27)9-15-12-31-20(23-15)14-7-8-30-11-14)17-18(22)26(21(29)24-19(17)28)10-13-5-3-2-4-6-13/h2-8,11-12H,9-10,22H2,1H3,(H,24,28,29). The maximum Gasteiger partial charge on any atom is 0.330 e. The van der Waals surface area contributed by atoms with Crippen LogP contribution < -0.4 is 21.9 Å². The first-order valence-corrected chi connectivity index (χ1v) is 11.2. The van der Waals surface area contributed by atoms with Crippen molar-refractivity contribution in [1.29, 1.82) is 0 Å². The van der Waals surface area contributed by atoms with E-state index in [1.165, 1.54) is 27.9 Å². The molecule has 0 aliphatic rings. The summed E-state index contributed by atoms with van der Waals surface area (Å²) in [5.41, 5.74) is 7.23. The van der Waals surface area contributed by atoms with Gasteiger partial charge in [-0.1, -0.05) is 30.3 Å². The molecule has 0 saturated heterocycles. The molecule has 0 aliphatic heterocycles. The van der Waals surface area contributed by atoms with Crippen LogP contribution in [0.3, 0.4) is 0 Å². The third kappa shape index (κ3) is 4.35. The van der Waals surface area contributed by atoms with E-state index >= 15 is 0 Å². The summed E-state index contributed by atoms with van der Waals surface area (Å²) in [6.45, 7) is 0.174. The topological polar surface area (TPSA) is 114 Å². The molecular formula is C21H19N5O3S2. The van der Waals surface area contributed by atoms with Crippen molar-refractivity contribution in [2.24, 2.45) is 0 Å². The molecule has 0 atom stereocenters. The van der Waals surface area contributed by atoms with Gasteiger partial charge in [-0.25, -0.2) is 9.78 Å². The van der Waals surface area contributed by atoms with Crippen LogP contribution in [0.1, 0.15) is 11.3 Å². The highest BCUT2D eigenvalue weighted by atomic mass is 32.1. The van der Waals surface area contributed by atoms with Crippen molar-refractivity contribution in [2.45, 2.75) is 13.0 Å². The lowest BCUT2D eigenvalue weighted by Crippen LogP contribution is -2.40. The number of hydrogen-bond donors (Lipinski definition) is 2. The number of thiophene rings is 1. The Morgan fingerprint density at radius 2 is 1.97 bits per heavy atom. The van der Waals surface area contributed by atoms with Crippen LogP contribution in [0.25, 0.3) is 10.6 Å². The van der Waals surface area contributed by atoms with Crippen molar-refractivity contribution in [3.63, 3.8) is 0 Å². The van der Waals surface area contributed by atoms with E-state index in [0.717, 1.165) is 16.1 Å². The van der Waals surface area contributed by atoms with Crippen LogP contribution in [0.5, 0.6) is 0 Å². The highest BCUT2D eigenvalue weighted by Gasteiger charge is 2.22. The van der Waals surface area contributed by atoms with Crippen LogP contribution in [-0.4, -0.2) is 27.5 Å². The number of amides is 1. The molecular weight excluding hydrogens is 434 g/mol. The van der Waals surface area contributed by atoms with E-state index in [1.54, 1.807) is 11.3 Å². The molecule has 1 amide bonds. The van der Waals surface area contributed by atoms with Crippen LogP contribution >= 0.6 is 22.7 Å². The van der Waals surface area contributed by atoms with Crippen LogP contribution in [0.2, 0.25) is 0 Å². The van der Waals surface area contributed by atoms with Crippen molar-refractivity contribution in [1.82, 2.24) is 14.5 Å². The van der Waals surface area contributed by atoms with Gasteiger partial charge in [0.05, 0.1) is 18.7 Å². The first kappa shape index (κ1) is 20.8. The van der Waals surface area contributed by atoms with Crippen molar-refractivity contribution in [3.8, 4) is 10.6 Å². The first-order chi connectivity index (χ1) is 14.9. The molecule has 4 rings (SSSR count). The predicted molar refractivity (Wildman–Crippen MR) is 124 cm³/mol. The molecule has 3 N–H and O–H groups in total. The number of nitrogen functional groups attached to an aromatic ring is 1. The maximum atomic E-state index is 12.9. The average molecular weight is 454 g/mol. The molecule has 0 fully saturated rings. The Morgan fingerprint density at radius 1 is 1.19 bits per heavy atom. The summed E-state index contributed by atoms with van der Waals surface area (Å²) in [7, 11) is 1.47. The summed E-state index contributed by atoms with van der Waals surface area (Å²) >= 11 is 3.03. The van der Waals surface area contributed by atoms with E-state index in [1.807, 2.05) is 52.5 Å². The molecule has 10 heteroatoms. The Labute approximate surface area is 185 Å². The quantitative estimate of drug-likeness (QED) is 0.466. The van der Waals surface area contributed by atoms with Gasteiger partial charge >= 0.3 is 5.69 Å². The zero-order valence-electron chi connectivity index (χ0n) is 16.6. The Morgan fingerprint density at radius 3 is 2.68 bits per heavy atom. The number of aromatic amines is 1. The molecule has 0 unspecified atom stereocenters.